The van der Waals surface area contributed by atoms with E-state index in [9.17, 15) is 9.90 Å². The number of likely N-dealkylation sites (tertiary alicyclic amines) is 1. The third-order valence-corrected chi connectivity index (χ3v) is 4.76. The largest absolute Gasteiger partial charge is 0.421 e. The summed E-state index contributed by atoms with van der Waals surface area (Å²) < 4.78 is 5.67. The molecule has 1 saturated heterocycles. The standard InChI is InChI=1S/C19H25N3O3/c1-14(23)16-9-6-12-22(13-16)18(24)11-5-10-17-20-21-19(25-17)15-7-3-2-4-8-15/h2-4,7-8,14,16,23H,5-6,9-13H2,1H3. The molecular formula is C19H25N3O3. The van der Waals surface area contributed by atoms with Crippen molar-refractivity contribution in [3.8, 4) is 11.5 Å². The number of aryl methyl sites for hydroxylation is 1. The minimum atomic E-state index is -0.356. The predicted molar refractivity (Wildman–Crippen MR) is 93.7 cm³/mol. The molecule has 2 aromatic rings. The lowest BCUT2D eigenvalue weighted by atomic mass is 9.93. The Morgan fingerprint density at radius 2 is 2.16 bits per heavy atom. The zero-order chi connectivity index (χ0) is 17.6. The first kappa shape index (κ1) is 17.6. The zero-order valence-corrected chi connectivity index (χ0v) is 14.6. The molecule has 25 heavy (non-hydrogen) atoms. The van der Waals surface area contributed by atoms with Gasteiger partial charge in [0.1, 0.15) is 0 Å². The van der Waals surface area contributed by atoms with E-state index in [0.717, 1.165) is 24.9 Å². The Kier molecular flexibility index (Phi) is 5.81. The van der Waals surface area contributed by atoms with Crippen molar-refractivity contribution in [2.45, 2.75) is 45.1 Å². The van der Waals surface area contributed by atoms with Gasteiger partial charge in [-0.05, 0) is 38.3 Å². The first-order valence-corrected chi connectivity index (χ1v) is 8.97. The molecule has 2 atom stereocenters. The van der Waals surface area contributed by atoms with Gasteiger partial charge in [0.05, 0.1) is 6.10 Å². The third kappa shape index (κ3) is 4.66. The van der Waals surface area contributed by atoms with Crippen molar-refractivity contribution in [1.82, 2.24) is 15.1 Å². The monoisotopic (exact) mass is 343 g/mol. The first-order valence-electron chi connectivity index (χ1n) is 8.97. The molecule has 1 aromatic carbocycles. The minimum Gasteiger partial charge on any atom is -0.421 e. The van der Waals surface area contributed by atoms with Crippen LogP contribution < -0.4 is 0 Å². The van der Waals surface area contributed by atoms with Gasteiger partial charge in [-0.2, -0.15) is 0 Å². The van der Waals surface area contributed by atoms with Gasteiger partial charge in [0.2, 0.25) is 17.7 Å². The normalized spacial score (nSPS) is 19.0. The lowest BCUT2D eigenvalue weighted by Crippen LogP contribution is -2.42. The summed E-state index contributed by atoms with van der Waals surface area (Å²) in [4.78, 5) is 14.2. The van der Waals surface area contributed by atoms with Crippen molar-refractivity contribution in [1.29, 1.82) is 0 Å². The molecule has 0 aliphatic carbocycles. The number of rotatable bonds is 6. The number of hydrogen-bond acceptors (Lipinski definition) is 5. The van der Waals surface area contributed by atoms with E-state index in [0.29, 0.717) is 37.6 Å². The number of carbonyl (C=O) groups excluding carboxylic acids is 1. The number of piperidine rings is 1. The van der Waals surface area contributed by atoms with Crippen molar-refractivity contribution in [3.63, 3.8) is 0 Å². The van der Waals surface area contributed by atoms with Gasteiger partial charge in [0.15, 0.2) is 0 Å². The van der Waals surface area contributed by atoms with Gasteiger partial charge in [-0.25, -0.2) is 0 Å². The molecule has 0 spiro atoms. The molecule has 1 aliphatic rings. The summed E-state index contributed by atoms with van der Waals surface area (Å²) in [5.41, 5.74) is 0.898. The SMILES string of the molecule is CC(O)C1CCCN(C(=O)CCCc2nnc(-c3ccccc3)o2)C1. The van der Waals surface area contributed by atoms with Crippen LogP contribution in [0.2, 0.25) is 0 Å². The van der Waals surface area contributed by atoms with Crippen LogP contribution in [-0.4, -0.2) is 45.3 Å². The number of nitrogens with zero attached hydrogens (tertiary/aromatic N) is 3. The molecule has 0 radical (unpaired) electrons. The summed E-state index contributed by atoms with van der Waals surface area (Å²) in [7, 11) is 0. The molecule has 1 N–H and O–H groups in total. The number of amides is 1. The molecular weight excluding hydrogens is 318 g/mol. The number of aliphatic hydroxyl groups is 1. The van der Waals surface area contributed by atoms with E-state index < -0.39 is 0 Å². The first-order chi connectivity index (χ1) is 12.1. The molecule has 0 bridgehead atoms. The Morgan fingerprint density at radius 3 is 2.92 bits per heavy atom. The Hall–Kier alpha value is -2.21. The maximum atomic E-state index is 12.4. The van der Waals surface area contributed by atoms with E-state index in [-0.39, 0.29) is 17.9 Å². The van der Waals surface area contributed by atoms with Gasteiger partial charge in [0, 0.05) is 37.4 Å². The highest BCUT2D eigenvalue weighted by Crippen LogP contribution is 2.21. The summed E-state index contributed by atoms with van der Waals surface area (Å²) >= 11 is 0. The van der Waals surface area contributed by atoms with E-state index in [1.807, 2.05) is 35.2 Å². The summed E-state index contributed by atoms with van der Waals surface area (Å²) in [6.07, 6.45) is 3.35. The Bertz CT molecular complexity index is 684. The fourth-order valence-corrected chi connectivity index (χ4v) is 3.23. The molecule has 1 amide bonds. The Morgan fingerprint density at radius 1 is 1.36 bits per heavy atom. The van der Waals surface area contributed by atoms with Crippen molar-refractivity contribution >= 4 is 5.91 Å². The topological polar surface area (TPSA) is 79.5 Å². The second-order valence-electron chi connectivity index (χ2n) is 6.70. The predicted octanol–water partition coefficient (Wildman–Crippen LogP) is 2.68. The Balaban J connectivity index is 1.47. The van der Waals surface area contributed by atoms with Gasteiger partial charge < -0.3 is 14.4 Å². The van der Waals surface area contributed by atoms with Gasteiger partial charge in [-0.1, -0.05) is 18.2 Å². The Labute approximate surface area is 147 Å². The summed E-state index contributed by atoms with van der Waals surface area (Å²) in [5.74, 6) is 1.42. The summed E-state index contributed by atoms with van der Waals surface area (Å²) in [5, 5.41) is 17.9. The molecule has 6 heteroatoms. The molecule has 1 aromatic heterocycles. The van der Waals surface area contributed by atoms with Crippen molar-refractivity contribution in [3.05, 3.63) is 36.2 Å². The van der Waals surface area contributed by atoms with Crippen molar-refractivity contribution in [2.24, 2.45) is 5.92 Å². The number of aliphatic hydroxyl groups excluding tert-OH is 1. The quantitative estimate of drug-likeness (QED) is 0.872. The van der Waals surface area contributed by atoms with Crippen LogP contribution in [0.5, 0.6) is 0 Å². The molecule has 1 fully saturated rings. The minimum absolute atomic E-state index is 0.146. The number of carbonyl (C=O) groups is 1. The van der Waals surface area contributed by atoms with Gasteiger partial charge >= 0.3 is 0 Å². The molecule has 2 heterocycles. The van der Waals surface area contributed by atoms with Crippen LogP contribution in [0.25, 0.3) is 11.5 Å². The fraction of sp³-hybridized carbons (Fsp3) is 0.526. The highest BCUT2D eigenvalue weighted by molar-refractivity contribution is 5.76. The highest BCUT2D eigenvalue weighted by atomic mass is 16.4. The van der Waals surface area contributed by atoms with Crippen LogP contribution in [0.4, 0.5) is 0 Å². The maximum absolute atomic E-state index is 12.4. The molecule has 134 valence electrons. The van der Waals surface area contributed by atoms with Gasteiger partial charge in [0.25, 0.3) is 0 Å². The van der Waals surface area contributed by atoms with E-state index in [4.69, 9.17) is 4.42 Å². The van der Waals surface area contributed by atoms with Gasteiger partial charge in [-0.15, -0.1) is 10.2 Å². The number of hydrogen-bond donors (Lipinski definition) is 1. The van der Waals surface area contributed by atoms with Crippen LogP contribution in [0.3, 0.4) is 0 Å². The van der Waals surface area contributed by atoms with E-state index in [1.165, 1.54) is 0 Å². The molecule has 2 unspecified atom stereocenters. The third-order valence-electron chi connectivity index (χ3n) is 4.76. The van der Waals surface area contributed by atoms with Crippen LogP contribution in [0, 0.1) is 5.92 Å². The summed E-state index contributed by atoms with van der Waals surface area (Å²) in [6.45, 7) is 3.26. The van der Waals surface area contributed by atoms with Crippen LogP contribution in [-0.2, 0) is 11.2 Å². The van der Waals surface area contributed by atoms with Crippen LogP contribution in [0.15, 0.2) is 34.7 Å². The highest BCUT2D eigenvalue weighted by Gasteiger charge is 2.26. The van der Waals surface area contributed by atoms with E-state index in [1.54, 1.807) is 6.92 Å². The van der Waals surface area contributed by atoms with Crippen molar-refractivity contribution in [2.75, 3.05) is 13.1 Å². The van der Waals surface area contributed by atoms with E-state index >= 15 is 0 Å². The average molecular weight is 343 g/mol. The molecule has 1 aliphatic heterocycles. The number of benzene rings is 1. The van der Waals surface area contributed by atoms with Gasteiger partial charge in [-0.3, -0.25) is 4.79 Å². The molecule has 0 saturated carbocycles. The zero-order valence-electron chi connectivity index (χ0n) is 14.6. The second-order valence-corrected chi connectivity index (χ2v) is 6.70. The average Bonchev–Trinajstić information content (AvgIpc) is 3.11. The van der Waals surface area contributed by atoms with Crippen LogP contribution >= 0.6 is 0 Å². The second kappa shape index (κ2) is 8.25. The lowest BCUT2D eigenvalue weighted by Gasteiger charge is -2.34. The lowest BCUT2D eigenvalue weighted by molar-refractivity contribution is -0.133. The number of aromatic nitrogens is 2. The van der Waals surface area contributed by atoms with Crippen LogP contribution in [0.1, 0.15) is 38.5 Å². The van der Waals surface area contributed by atoms with E-state index in [2.05, 4.69) is 10.2 Å². The smallest absolute Gasteiger partial charge is 0.247 e. The summed E-state index contributed by atoms with van der Waals surface area (Å²) in [6, 6.07) is 9.65. The molecule has 3 rings (SSSR count). The fourth-order valence-electron chi connectivity index (χ4n) is 3.23. The molecule has 6 nitrogen and oxygen atoms in total. The van der Waals surface area contributed by atoms with Crippen molar-refractivity contribution < 1.29 is 14.3 Å². The maximum Gasteiger partial charge on any atom is 0.247 e.